The van der Waals surface area contributed by atoms with Gasteiger partial charge in [0.2, 0.25) is 4.80 Å². The fourth-order valence-electron chi connectivity index (χ4n) is 3.75. The van der Waals surface area contributed by atoms with Crippen LogP contribution in [0, 0.1) is 0 Å². The molecule has 1 heterocycles. The molecule has 0 bridgehead atoms. The molecule has 0 aliphatic carbocycles. The summed E-state index contributed by atoms with van der Waals surface area (Å²) in [5.41, 5.74) is -3.22. The van der Waals surface area contributed by atoms with E-state index in [4.69, 9.17) is 42.8 Å². The molecule has 210 valence electrons. The second-order valence-corrected chi connectivity index (χ2v) is 12.2. The third-order valence-corrected chi connectivity index (χ3v) is 8.53. The number of benzene rings is 4. The third kappa shape index (κ3) is 6.76. The SMILES string of the molecule is O=P(O)(O)C(F)(F)c1ccc(Cn2nc(-c3cccc(Oc4ccccc4)c3)sc2=Nc2ccc(Cl)c(Cl)c2)cc1. The molecule has 0 spiro atoms. The van der Waals surface area contributed by atoms with Crippen molar-refractivity contribution in [1.82, 2.24) is 9.78 Å². The molecule has 7 nitrogen and oxygen atoms in total. The Hall–Kier alpha value is -3.37. The molecule has 0 saturated carbocycles. The molecule has 0 aliphatic rings. The first-order valence-corrected chi connectivity index (χ1v) is 15.1. The van der Waals surface area contributed by atoms with Crippen molar-refractivity contribution < 1.29 is 27.9 Å². The van der Waals surface area contributed by atoms with Gasteiger partial charge in [0.15, 0.2) is 0 Å². The molecule has 0 radical (unpaired) electrons. The van der Waals surface area contributed by atoms with Crippen LogP contribution in [0.1, 0.15) is 11.1 Å². The summed E-state index contributed by atoms with van der Waals surface area (Å²) >= 11 is 13.5. The van der Waals surface area contributed by atoms with Crippen molar-refractivity contribution in [3.63, 3.8) is 0 Å². The highest BCUT2D eigenvalue weighted by Crippen LogP contribution is 2.59. The second-order valence-electron chi connectivity index (χ2n) is 8.78. The first-order valence-electron chi connectivity index (χ1n) is 11.9. The molecule has 13 heteroatoms. The van der Waals surface area contributed by atoms with Crippen molar-refractivity contribution in [3.05, 3.63) is 123 Å². The monoisotopic (exact) mass is 633 g/mol. The Balaban J connectivity index is 1.52. The van der Waals surface area contributed by atoms with Crippen LogP contribution in [-0.2, 0) is 16.8 Å². The normalized spacial score (nSPS) is 12.5. The van der Waals surface area contributed by atoms with Gasteiger partial charge in [0, 0.05) is 11.1 Å². The number of alkyl halides is 2. The average molecular weight is 634 g/mol. The summed E-state index contributed by atoms with van der Waals surface area (Å²) in [6, 6.07) is 26.4. The molecule has 41 heavy (non-hydrogen) atoms. The Labute approximate surface area is 247 Å². The van der Waals surface area contributed by atoms with Gasteiger partial charge >= 0.3 is 13.3 Å². The Kier molecular flexibility index (Phi) is 8.42. The van der Waals surface area contributed by atoms with Gasteiger partial charge in [-0.05, 0) is 48.0 Å². The highest BCUT2D eigenvalue weighted by Gasteiger charge is 2.50. The Morgan fingerprint density at radius 1 is 0.902 bits per heavy atom. The highest BCUT2D eigenvalue weighted by molar-refractivity contribution is 7.52. The maximum atomic E-state index is 14.1. The van der Waals surface area contributed by atoms with Crippen molar-refractivity contribution >= 4 is 47.8 Å². The van der Waals surface area contributed by atoms with Crippen molar-refractivity contribution in [2.45, 2.75) is 12.2 Å². The quantitative estimate of drug-likeness (QED) is 0.168. The van der Waals surface area contributed by atoms with Crippen molar-refractivity contribution in [3.8, 4) is 22.1 Å². The topological polar surface area (TPSA) is 96.9 Å². The predicted molar refractivity (Wildman–Crippen MR) is 155 cm³/mol. The number of ether oxygens (including phenoxy) is 1. The molecule has 2 N–H and O–H groups in total. The van der Waals surface area contributed by atoms with Crippen LogP contribution in [0.15, 0.2) is 102 Å². The van der Waals surface area contributed by atoms with Gasteiger partial charge < -0.3 is 14.5 Å². The average Bonchev–Trinajstić information content (AvgIpc) is 3.33. The molecule has 0 unspecified atom stereocenters. The highest BCUT2D eigenvalue weighted by atomic mass is 35.5. The zero-order valence-electron chi connectivity index (χ0n) is 20.9. The summed E-state index contributed by atoms with van der Waals surface area (Å²) in [7, 11) is -5.68. The van der Waals surface area contributed by atoms with E-state index >= 15 is 0 Å². The van der Waals surface area contributed by atoms with E-state index in [0.29, 0.717) is 42.6 Å². The van der Waals surface area contributed by atoms with E-state index in [2.05, 4.69) is 4.99 Å². The lowest BCUT2D eigenvalue weighted by molar-refractivity contribution is 0.0564. The number of para-hydroxylation sites is 1. The lowest BCUT2D eigenvalue weighted by Crippen LogP contribution is -2.17. The van der Waals surface area contributed by atoms with Gasteiger partial charge in [-0.15, -0.1) is 0 Å². The third-order valence-electron chi connectivity index (χ3n) is 5.81. The smallest absolute Gasteiger partial charge is 0.399 e. The minimum absolute atomic E-state index is 0.138. The molecule has 4 aromatic carbocycles. The molecule has 0 aliphatic heterocycles. The van der Waals surface area contributed by atoms with E-state index in [0.717, 1.165) is 17.7 Å². The van der Waals surface area contributed by atoms with Crippen molar-refractivity contribution in [2.24, 2.45) is 4.99 Å². The lowest BCUT2D eigenvalue weighted by atomic mass is 10.1. The Morgan fingerprint density at radius 2 is 1.61 bits per heavy atom. The van der Waals surface area contributed by atoms with Crippen LogP contribution in [0.5, 0.6) is 11.5 Å². The van der Waals surface area contributed by atoms with Crippen LogP contribution in [0.25, 0.3) is 10.6 Å². The van der Waals surface area contributed by atoms with Gasteiger partial charge in [-0.1, -0.05) is 89.1 Å². The molecule has 5 aromatic rings. The summed E-state index contributed by atoms with van der Waals surface area (Å²) in [6.07, 6.45) is 0. The van der Waals surface area contributed by atoms with Crippen LogP contribution >= 0.6 is 42.1 Å². The number of aromatic nitrogens is 2. The minimum atomic E-state index is -5.68. The van der Waals surface area contributed by atoms with Crippen LogP contribution in [-0.4, -0.2) is 19.6 Å². The fourth-order valence-corrected chi connectivity index (χ4v) is 5.44. The van der Waals surface area contributed by atoms with Gasteiger partial charge in [0.25, 0.3) is 0 Å². The van der Waals surface area contributed by atoms with E-state index in [-0.39, 0.29) is 6.54 Å². The first kappa shape index (κ1) is 29.1. The summed E-state index contributed by atoms with van der Waals surface area (Å²) in [4.78, 5) is 23.2. The van der Waals surface area contributed by atoms with Crippen LogP contribution < -0.4 is 9.54 Å². The molecule has 0 atom stereocenters. The Bertz CT molecular complexity index is 1810. The Morgan fingerprint density at radius 3 is 2.29 bits per heavy atom. The zero-order chi connectivity index (χ0) is 29.2. The number of rotatable bonds is 8. The van der Waals surface area contributed by atoms with Crippen LogP contribution in [0.4, 0.5) is 14.5 Å². The molecule has 5 rings (SSSR count). The number of hydrogen-bond donors (Lipinski definition) is 2. The van der Waals surface area contributed by atoms with Gasteiger partial charge in [-0.25, -0.2) is 9.67 Å². The standard InChI is InChI=1S/C28H20Cl2F2N3O4PS/c29-24-14-13-21(16-25(24)30)33-27-35(17-18-9-11-20(12-10-18)28(31,32)40(36,37)38)34-26(41-27)19-5-4-8-23(15-19)39-22-6-2-1-3-7-22/h1-16H,17H2,(H2,36,37,38). The summed E-state index contributed by atoms with van der Waals surface area (Å²) in [5.74, 6) is 1.29. The summed E-state index contributed by atoms with van der Waals surface area (Å²) in [6.45, 7) is 0.138. The largest absolute Gasteiger partial charge is 0.457 e. The first-order chi connectivity index (χ1) is 19.5. The zero-order valence-corrected chi connectivity index (χ0v) is 24.1. The maximum Gasteiger partial charge on any atom is 0.399 e. The molecule has 1 aromatic heterocycles. The van der Waals surface area contributed by atoms with Crippen LogP contribution in [0.3, 0.4) is 0 Å². The lowest BCUT2D eigenvalue weighted by Gasteiger charge is -2.18. The van der Waals surface area contributed by atoms with E-state index in [1.807, 2.05) is 54.6 Å². The molecular formula is C28H20Cl2F2N3O4PS. The minimum Gasteiger partial charge on any atom is -0.457 e. The van der Waals surface area contributed by atoms with Crippen LogP contribution in [0.2, 0.25) is 10.0 Å². The molecule has 0 amide bonds. The van der Waals surface area contributed by atoms with Crippen molar-refractivity contribution in [1.29, 1.82) is 0 Å². The predicted octanol–water partition coefficient (Wildman–Crippen LogP) is 8.22. The molecule has 0 fully saturated rings. The van der Waals surface area contributed by atoms with Gasteiger partial charge in [0.1, 0.15) is 16.5 Å². The van der Waals surface area contributed by atoms with E-state index in [1.54, 1.807) is 22.9 Å². The van der Waals surface area contributed by atoms with E-state index < -0.39 is 18.8 Å². The fraction of sp³-hybridized carbons (Fsp3) is 0.0714. The van der Waals surface area contributed by atoms with E-state index in [9.17, 15) is 13.3 Å². The molecular weight excluding hydrogens is 614 g/mol. The second kappa shape index (κ2) is 11.9. The van der Waals surface area contributed by atoms with Gasteiger partial charge in [-0.2, -0.15) is 13.9 Å². The van der Waals surface area contributed by atoms with Crippen molar-refractivity contribution in [2.75, 3.05) is 0 Å². The number of halogens is 4. The number of nitrogens with zero attached hydrogens (tertiary/aromatic N) is 3. The number of hydrogen-bond acceptors (Lipinski definition) is 5. The van der Waals surface area contributed by atoms with E-state index in [1.165, 1.54) is 23.5 Å². The van der Waals surface area contributed by atoms with Gasteiger partial charge in [-0.3, -0.25) is 4.57 Å². The molecule has 0 saturated heterocycles. The summed E-state index contributed by atoms with van der Waals surface area (Å²) in [5, 5.41) is 6.05. The maximum absolute atomic E-state index is 14.1. The van der Waals surface area contributed by atoms with Gasteiger partial charge in [0.05, 0.1) is 22.3 Å². The summed E-state index contributed by atoms with van der Waals surface area (Å²) < 4.78 is 47.1.